The minimum absolute atomic E-state index is 0.141. The SMILES string of the molecule is CCc1c(C)nc(-n2nc(-c3ccco3)cc2NC(=O)CCCc2ccccc2)[nH]c1=O. The summed E-state index contributed by atoms with van der Waals surface area (Å²) in [6.07, 6.45) is 4.02. The lowest BCUT2D eigenvalue weighted by Gasteiger charge is -2.10. The number of H-pyrrole nitrogens is 1. The predicted octanol–water partition coefficient (Wildman–Crippen LogP) is 4.05. The van der Waals surface area contributed by atoms with E-state index in [-0.39, 0.29) is 17.4 Å². The standard InChI is InChI=1S/C24H25N5O3/c1-3-18-16(2)25-24(27-23(18)31)29-21(15-19(28-29)20-12-8-14-32-20)26-22(30)13-7-11-17-9-5-4-6-10-17/h4-6,8-10,12,14-15H,3,7,11,13H2,1-2H3,(H,26,30)(H,25,27,31). The van der Waals surface area contributed by atoms with E-state index in [0.717, 1.165) is 6.42 Å². The third kappa shape index (κ3) is 4.69. The fraction of sp³-hybridized carbons (Fsp3) is 0.250. The molecular weight excluding hydrogens is 406 g/mol. The van der Waals surface area contributed by atoms with Crippen LogP contribution in [0, 0.1) is 6.92 Å². The number of aromatic nitrogens is 4. The summed E-state index contributed by atoms with van der Waals surface area (Å²) in [5.41, 5.74) is 2.75. The van der Waals surface area contributed by atoms with Gasteiger partial charge in [-0.15, -0.1) is 0 Å². The molecule has 0 unspecified atom stereocenters. The average molecular weight is 431 g/mol. The lowest BCUT2D eigenvalue weighted by atomic mass is 10.1. The lowest BCUT2D eigenvalue weighted by molar-refractivity contribution is -0.116. The Kier molecular flexibility index (Phi) is 6.30. The summed E-state index contributed by atoms with van der Waals surface area (Å²) in [7, 11) is 0. The molecule has 0 fully saturated rings. The molecule has 1 amide bonds. The molecular formula is C24H25N5O3. The van der Waals surface area contributed by atoms with Crippen LogP contribution in [0.3, 0.4) is 0 Å². The molecule has 4 rings (SSSR count). The second-order valence-corrected chi connectivity index (χ2v) is 7.50. The van der Waals surface area contributed by atoms with Gasteiger partial charge in [0, 0.05) is 23.7 Å². The summed E-state index contributed by atoms with van der Waals surface area (Å²) in [4.78, 5) is 32.4. The molecule has 0 aliphatic carbocycles. The van der Waals surface area contributed by atoms with Crippen molar-refractivity contribution in [3.63, 3.8) is 0 Å². The Balaban J connectivity index is 1.58. The normalized spacial score (nSPS) is 10.9. The van der Waals surface area contributed by atoms with Crippen molar-refractivity contribution in [1.29, 1.82) is 0 Å². The Hall–Kier alpha value is -3.94. The number of benzene rings is 1. The van der Waals surface area contributed by atoms with Crippen LogP contribution in [0.15, 0.2) is 64.0 Å². The van der Waals surface area contributed by atoms with Crippen molar-refractivity contribution in [1.82, 2.24) is 19.7 Å². The van der Waals surface area contributed by atoms with E-state index < -0.39 is 0 Å². The maximum absolute atomic E-state index is 12.6. The van der Waals surface area contributed by atoms with Crippen LogP contribution in [0.1, 0.15) is 36.6 Å². The Labute approximate surface area is 185 Å². The zero-order valence-corrected chi connectivity index (χ0v) is 18.1. The molecule has 8 heteroatoms. The minimum Gasteiger partial charge on any atom is -0.463 e. The Morgan fingerprint density at radius 3 is 2.69 bits per heavy atom. The van der Waals surface area contributed by atoms with Crippen LogP contribution < -0.4 is 10.9 Å². The molecule has 32 heavy (non-hydrogen) atoms. The van der Waals surface area contributed by atoms with Crippen molar-refractivity contribution in [3.8, 4) is 17.4 Å². The average Bonchev–Trinajstić information content (AvgIpc) is 3.44. The van der Waals surface area contributed by atoms with Crippen LogP contribution >= 0.6 is 0 Å². The van der Waals surface area contributed by atoms with Crippen LogP contribution in [0.4, 0.5) is 5.82 Å². The molecule has 164 valence electrons. The Bertz CT molecular complexity index is 1260. The number of hydrogen-bond donors (Lipinski definition) is 2. The molecule has 3 aromatic heterocycles. The molecule has 2 N–H and O–H groups in total. The summed E-state index contributed by atoms with van der Waals surface area (Å²) >= 11 is 0. The van der Waals surface area contributed by atoms with E-state index in [1.807, 2.05) is 37.3 Å². The number of carbonyl (C=O) groups excluding carboxylic acids is 1. The van der Waals surface area contributed by atoms with Gasteiger partial charge in [-0.25, -0.2) is 4.98 Å². The maximum Gasteiger partial charge on any atom is 0.255 e. The molecule has 0 atom stereocenters. The number of nitrogens with zero attached hydrogens (tertiary/aromatic N) is 3. The number of amides is 1. The predicted molar refractivity (Wildman–Crippen MR) is 122 cm³/mol. The number of aromatic amines is 1. The van der Waals surface area contributed by atoms with Crippen molar-refractivity contribution >= 4 is 11.7 Å². The molecule has 1 aromatic carbocycles. The van der Waals surface area contributed by atoms with E-state index in [9.17, 15) is 9.59 Å². The van der Waals surface area contributed by atoms with Gasteiger partial charge >= 0.3 is 0 Å². The molecule has 4 aromatic rings. The number of aryl methyl sites for hydroxylation is 2. The first-order valence-electron chi connectivity index (χ1n) is 10.6. The van der Waals surface area contributed by atoms with Gasteiger partial charge in [-0.2, -0.15) is 9.78 Å². The molecule has 0 aliphatic rings. The quantitative estimate of drug-likeness (QED) is 0.438. The highest BCUT2D eigenvalue weighted by Crippen LogP contribution is 2.24. The highest BCUT2D eigenvalue weighted by Gasteiger charge is 2.18. The molecule has 0 radical (unpaired) electrons. The summed E-state index contributed by atoms with van der Waals surface area (Å²) in [6.45, 7) is 3.69. The van der Waals surface area contributed by atoms with Crippen LogP contribution in [-0.2, 0) is 17.6 Å². The van der Waals surface area contributed by atoms with Crippen molar-refractivity contribution in [2.24, 2.45) is 0 Å². The van der Waals surface area contributed by atoms with E-state index in [1.54, 1.807) is 31.4 Å². The topological polar surface area (TPSA) is 106 Å². The van der Waals surface area contributed by atoms with Crippen molar-refractivity contribution < 1.29 is 9.21 Å². The first-order chi connectivity index (χ1) is 15.5. The number of anilines is 1. The third-order valence-corrected chi connectivity index (χ3v) is 5.23. The van der Waals surface area contributed by atoms with E-state index in [2.05, 4.69) is 20.4 Å². The van der Waals surface area contributed by atoms with Gasteiger partial charge in [0.1, 0.15) is 11.5 Å². The van der Waals surface area contributed by atoms with Crippen molar-refractivity contribution in [2.45, 2.75) is 39.5 Å². The summed E-state index contributed by atoms with van der Waals surface area (Å²) in [5, 5.41) is 7.42. The zero-order chi connectivity index (χ0) is 22.5. The number of rotatable bonds is 8. The van der Waals surface area contributed by atoms with Gasteiger partial charge in [-0.3, -0.25) is 14.6 Å². The van der Waals surface area contributed by atoms with Crippen LogP contribution in [0.5, 0.6) is 0 Å². The first kappa shape index (κ1) is 21.3. The molecule has 0 saturated heterocycles. The molecule has 3 heterocycles. The number of hydrogen-bond acceptors (Lipinski definition) is 5. The monoisotopic (exact) mass is 431 g/mol. The van der Waals surface area contributed by atoms with Gasteiger partial charge in [-0.05, 0) is 43.9 Å². The summed E-state index contributed by atoms with van der Waals surface area (Å²) in [5.74, 6) is 1.06. The molecule has 0 saturated carbocycles. The second-order valence-electron chi connectivity index (χ2n) is 7.50. The van der Waals surface area contributed by atoms with E-state index >= 15 is 0 Å². The molecule has 0 bridgehead atoms. The van der Waals surface area contributed by atoms with E-state index in [0.29, 0.717) is 47.8 Å². The fourth-order valence-electron chi connectivity index (χ4n) is 3.59. The van der Waals surface area contributed by atoms with Crippen LogP contribution in [0.25, 0.3) is 17.4 Å². The van der Waals surface area contributed by atoms with E-state index in [4.69, 9.17) is 4.42 Å². The molecule has 8 nitrogen and oxygen atoms in total. The fourth-order valence-corrected chi connectivity index (χ4v) is 3.59. The molecule has 0 spiro atoms. The number of nitrogens with one attached hydrogen (secondary N) is 2. The van der Waals surface area contributed by atoms with Crippen molar-refractivity contribution in [2.75, 3.05) is 5.32 Å². The summed E-state index contributed by atoms with van der Waals surface area (Å²) < 4.78 is 6.88. The van der Waals surface area contributed by atoms with Crippen LogP contribution in [-0.4, -0.2) is 25.7 Å². The summed E-state index contributed by atoms with van der Waals surface area (Å²) in [6, 6.07) is 15.3. The zero-order valence-electron chi connectivity index (χ0n) is 18.1. The number of furan rings is 1. The highest BCUT2D eigenvalue weighted by atomic mass is 16.3. The first-order valence-corrected chi connectivity index (χ1v) is 10.6. The third-order valence-electron chi connectivity index (χ3n) is 5.23. The highest BCUT2D eigenvalue weighted by molar-refractivity contribution is 5.90. The van der Waals surface area contributed by atoms with Crippen molar-refractivity contribution in [3.05, 3.63) is 82.0 Å². The van der Waals surface area contributed by atoms with Gasteiger partial charge in [0.05, 0.1) is 6.26 Å². The maximum atomic E-state index is 12.6. The number of carbonyl (C=O) groups is 1. The van der Waals surface area contributed by atoms with E-state index in [1.165, 1.54) is 10.2 Å². The smallest absolute Gasteiger partial charge is 0.255 e. The van der Waals surface area contributed by atoms with Gasteiger partial charge in [-0.1, -0.05) is 37.3 Å². The lowest BCUT2D eigenvalue weighted by Crippen LogP contribution is -2.21. The van der Waals surface area contributed by atoms with Gasteiger partial charge in [0.25, 0.3) is 5.56 Å². The second kappa shape index (κ2) is 9.47. The van der Waals surface area contributed by atoms with Crippen LogP contribution in [0.2, 0.25) is 0 Å². The minimum atomic E-state index is -0.217. The molecule has 0 aliphatic heterocycles. The van der Waals surface area contributed by atoms with Gasteiger partial charge in [0.2, 0.25) is 11.9 Å². The van der Waals surface area contributed by atoms with Gasteiger partial charge < -0.3 is 9.73 Å². The Morgan fingerprint density at radius 2 is 2.00 bits per heavy atom. The van der Waals surface area contributed by atoms with Gasteiger partial charge in [0.15, 0.2) is 5.76 Å². The Morgan fingerprint density at radius 1 is 1.19 bits per heavy atom. The largest absolute Gasteiger partial charge is 0.463 e.